The smallest absolute Gasteiger partial charge is 0.446 e. The maximum atomic E-state index is 15.0. The van der Waals surface area contributed by atoms with Gasteiger partial charge in [-0.25, -0.2) is 9.59 Å². The minimum atomic E-state index is -5.26. The lowest BCUT2D eigenvalue weighted by molar-refractivity contribution is -0.147. The summed E-state index contributed by atoms with van der Waals surface area (Å²) in [6.45, 7) is 4.63. The van der Waals surface area contributed by atoms with Crippen LogP contribution >= 0.6 is 0 Å². The normalized spacial score (nSPS) is 25.8. The molecule has 32 heteroatoms. The quantitative estimate of drug-likeness (QED) is 0.0522. The van der Waals surface area contributed by atoms with Crippen LogP contribution in [0, 0.1) is 5.92 Å². The monoisotopic (exact) mass is 1270 g/mol. The number of hydrogen-bond acceptors (Lipinski definition) is 21. The average Bonchev–Trinajstić information content (AvgIpc) is 1.68. The van der Waals surface area contributed by atoms with Crippen LogP contribution in [0.3, 0.4) is 0 Å². The first kappa shape index (κ1) is 68.3. The van der Waals surface area contributed by atoms with E-state index in [1.54, 1.807) is 0 Å². The second-order valence-electron chi connectivity index (χ2n) is 23.3. The largest absolute Gasteiger partial charge is 0.504 e. The van der Waals surface area contributed by atoms with Gasteiger partial charge in [0.25, 0.3) is 0 Å². The number of carbonyl (C=O) groups excluding carboxylic acids is 9. The number of aliphatic hydroxyl groups excluding tert-OH is 6. The van der Waals surface area contributed by atoms with Crippen molar-refractivity contribution in [1.82, 2.24) is 47.0 Å². The van der Waals surface area contributed by atoms with Crippen molar-refractivity contribution in [1.29, 1.82) is 0 Å². The molecule has 3 aromatic carbocycles. The zero-order valence-electron chi connectivity index (χ0n) is 49.1. The number of aromatic hydroxyl groups is 1. The zero-order chi connectivity index (χ0) is 65.4. The van der Waals surface area contributed by atoms with E-state index >= 15 is 4.79 Å². The minimum absolute atomic E-state index is 0.0240. The van der Waals surface area contributed by atoms with E-state index in [4.69, 9.17) is 9.47 Å². The van der Waals surface area contributed by atoms with Crippen LogP contribution in [0.5, 0.6) is 11.5 Å². The fourth-order valence-corrected chi connectivity index (χ4v) is 11.3. The van der Waals surface area contributed by atoms with Crippen molar-refractivity contribution in [2.45, 2.75) is 145 Å². The molecule has 0 spiro atoms. The predicted octanol–water partition coefficient (Wildman–Crippen LogP) is -3.34. The molecule has 3 fully saturated rings. The summed E-state index contributed by atoms with van der Waals surface area (Å²) in [4.78, 5) is 128. The summed E-state index contributed by atoms with van der Waals surface area (Å²) in [5.41, 5.74) is 2.65. The summed E-state index contributed by atoms with van der Waals surface area (Å²) in [5, 5.41) is 95.3. The van der Waals surface area contributed by atoms with Gasteiger partial charge < -0.3 is 96.4 Å². The Kier molecular flexibility index (Phi) is 22.2. The molecule has 7 rings (SSSR count). The number of hydrogen-bond donors (Lipinski definition) is 15. The summed E-state index contributed by atoms with van der Waals surface area (Å²) in [5.74, 6) is -11.6. The molecule has 0 radical (unpaired) electrons. The van der Waals surface area contributed by atoms with Gasteiger partial charge >= 0.3 is 22.6 Å². The summed E-state index contributed by atoms with van der Waals surface area (Å²) >= 11 is 0. The molecule has 1 aliphatic carbocycles. The van der Waals surface area contributed by atoms with Gasteiger partial charge in [-0.1, -0.05) is 61.5 Å². The SMILES string of the molecule is C[C@@H](O)C1NC(=O)[C@@H](NC(=O)OC(C)(C)C)C[C@@H](O)CNC(=O)[C@@H]2[C@@H](O)[C@@H](C)CN2C(=O)[C@H]([C@H](O)CC(=O)NCCNC(=O)OCC2c3ccccc3-c3ccccc32)NC(=O)[C@H]([C@H](O)Cc2ccc(O)c(OS(=O)(=O)O)c2)NC(=O)[C@@H]2C[C@@H](O)CN2C1=O. The molecule has 0 bridgehead atoms. The van der Waals surface area contributed by atoms with E-state index in [1.807, 2.05) is 48.5 Å². The number of ether oxygens (including phenoxy) is 2. The number of fused-ring (bicyclic) bond motifs is 5. The Morgan fingerprint density at radius 3 is 1.97 bits per heavy atom. The van der Waals surface area contributed by atoms with Gasteiger partial charge in [-0.05, 0) is 67.6 Å². The zero-order valence-corrected chi connectivity index (χ0v) is 49.9. The topological polar surface area (TPSA) is 468 Å². The van der Waals surface area contributed by atoms with Crippen LogP contribution in [0.15, 0.2) is 66.7 Å². The molecule has 31 nitrogen and oxygen atoms in total. The van der Waals surface area contributed by atoms with Crippen LogP contribution in [0.1, 0.15) is 76.5 Å². The van der Waals surface area contributed by atoms with Crippen molar-refractivity contribution in [3.63, 3.8) is 0 Å². The molecule has 0 saturated carbocycles. The van der Waals surface area contributed by atoms with Crippen molar-refractivity contribution in [2.24, 2.45) is 5.92 Å². The van der Waals surface area contributed by atoms with Crippen LogP contribution < -0.4 is 41.4 Å². The Bertz CT molecular complexity index is 3210. The fraction of sp³-hybridized carbons (Fsp3) is 0.526. The predicted molar refractivity (Wildman–Crippen MR) is 308 cm³/mol. The molecule has 0 aromatic heterocycles. The molecule has 13 atom stereocenters. The van der Waals surface area contributed by atoms with Crippen molar-refractivity contribution in [3.05, 3.63) is 83.4 Å². The Balaban J connectivity index is 1.18. The van der Waals surface area contributed by atoms with E-state index in [1.165, 1.54) is 27.7 Å². The number of β-amino-alcohol motifs (C(OH)–C–C–N with tert-alkyl or cyclic N) is 1. The van der Waals surface area contributed by atoms with Gasteiger partial charge in [0.15, 0.2) is 11.5 Å². The van der Waals surface area contributed by atoms with Crippen LogP contribution in [0.2, 0.25) is 0 Å². The first-order chi connectivity index (χ1) is 41.8. The number of alkyl carbamates (subject to hydrolysis) is 2. The van der Waals surface area contributed by atoms with Crippen molar-refractivity contribution >= 4 is 63.9 Å². The van der Waals surface area contributed by atoms with Crippen molar-refractivity contribution in [3.8, 4) is 22.6 Å². The number of nitrogens with zero attached hydrogens (tertiary/aromatic N) is 2. The van der Waals surface area contributed by atoms with Gasteiger partial charge in [-0.15, -0.1) is 0 Å². The standard InChI is InChI=1S/C57H75N9O22S/c1-27-24-66-47(48(27)74)52(78)60-23-30(68)20-37(61-56(82)87-57(3,4)5)49(75)62-44(28(2)67)53(79)65-25-31(69)21-38(65)50(76)63-45(40(71)18-29-14-15-39(70)42(19-29)88-89(83,84)85)51(77)64-46(54(66)80)41(72)22-43(73)58-16-17-59-55(81)86-26-36-34-12-8-6-10-32(34)33-11-7-9-13-35(33)36/h6-15,19,27-28,30-31,36-38,40-41,44-48,67-72,74H,16-18,20-26H2,1-5H3,(H,58,73)(H,59,81)(H,60,78)(H,61,82)(H,62,75)(H,63,76)(H,64,77)(H,83,84,85)/t27-,28+,30+,31+,37-,38-,40+,41+,44?,45-,46-,47-,48-/m0/s1. The average molecular weight is 1270 g/mol. The lowest BCUT2D eigenvalue weighted by Crippen LogP contribution is -2.64. The van der Waals surface area contributed by atoms with Gasteiger partial charge in [0.1, 0.15) is 48.5 Å². The van der Waals surface area contributed by atoms with Gasteiger partial charge in [0, 0.05) is 63.8 Å². The minimum Gasteiger partial charge on any atom is -0.504 e. The number of rotatable bonds is 15. The second-order valence-corrected chi connectivity index (χ2v) is 24.3. The van der Waals surface area contributed by atoms with E-state index in [-0.39, 0.29) is 31.2 Å². The Hall–Kier alpha value is -8.24. The number of benzene rings is 3. The van der Waals surface area contributed by atoms with E-state index < -0.39 is 205 Å². The van der Waals surface area contributed by atoms with Crippen LogP contribution in [0.4, 0.5) is 9.59 Å². The number of nitrogens with one attached hydrogen (secondary N) is 7. The summed E-state index contributed by atoms with van der Waals surface area (Å²) < 4.78 is 47.9. The fourth-order valence-electron chi connectivity index (χ4n) is 11.0. The maximum absolute atomic E-state index is 15.0. The number of phenolic OH excluding ortho intramolecular Hbond substituents is 1. The first-order valence-corrected chi connectivity index (χ1v) is 29.9. The van der Waals surface area contributed by atoms with Crippen molar-refractivity contribution in [2.75, 3.05) is 39.3 Å². The second kappa shape index (κ2) is 28.9. The molecule has 9 amide bonds. The van der Waals surface area contributed by atoms with E-state index in [0.29, 0.717) is 0 Å². The molecule has 486 valence electrons. The van der Waals surface area contributed by atoms with Crippen molar-refractivity contribution < 1.29 is 106 Å². The molecule has 3 aromatic rings. The summed E-state index contributed by atoms with van der Waals surface area (Å²) in [6, 6.07) is 6.02. The molecule has 15 N–H and O–H groups in total. The lowest BCUT2D eigenvalue weighted by atomic mass is 9.98. The highest BCUT2D eigenvalue weighted by Crippen LogP contribution is 2.44. The van der Waals surface area contributed by atoms with Gasteiger partial charge in [0.05, 0.1) is 43.0 Å². The molecule has 3 aliphatic heterocycles. The molecule has 3 saturated heterocycles. The summed E-state index contributed by atoms with van der Waals surface area (Å²) in [6.07, 6.45) is -16.4. The molecule has 1 unspecified atom stereocenters. The molecule has 3 heterocycles. The van der Waals surface area contributed by atoms with Crippen LogP contribution in [-0.4, -0.2) is 230 Å². The highest BCUT2D eigenvalue weighted by atomic mass is 32.3. The van der Waals surface area contributed by atoms with Gasteiger partial charge in [-0.3, -0.25) is 38.1 Å². The molecule has 4 aliphatic rings. The Labute approximate surface area is 510 Å². The Morgan fingerprint density at radius 1 is 0.730 bits per heavy atom. The van der Waals surface area contributed by atoms with E-state index in [0.717, 1.165) is 57.2 Å². The highest BCUT2D eigenvalue weighted by Gasteiger charge is 2.50. The van der Waals surface area contributed by atoms with Crippen LogP contribution in [-0.2, 0) is 59.9 Å². The lowest BCUT2D eigenvalue weighted by Gasteiger charge is -2.34. The van der Waals surface area contributed by atoms with E-state index in [9.17, 15) is 87.1 Å². The maximum Gasteiger partial charge on any atom is 0.446 e. The number of phenols is 1. The first-order valence-electron chi connectivity index (χ1n) is 28.5. The van der Waals surface area contributed by atoms with Crippen LogP contribution in [0.25, 0.3) is 11.1 Å². The molecular weight excluding hydrogens is 1190 g/mol. The van der Waals surface area contributed by atoms with Gasteiger partial charge in [-0.2, -0.15) is 8.42 Å². The third kappa shape index (κ3) is 17.6. The van der Waals surface area contributed by atoms with E-state index in [2.05, 4.69) is 41.4 Å². The third-order valence-corrected chi connectivity index (χ3v) is 15.6. The third-order valence-electron chi connectivity index (χ3n) is 15.2. The summed E-state index contributed by atoms with van der Waals surface area (Å²) in [7, 11) is -5.26. The number of amides is 9. The molecule has 89 heavy (non-hydrogen) atoms. The number of aliphatic hydroxyl groups is 6. The Morgan fingerprint density at radius 2 is 1.34 bits per heavy atom. The number of carbonyl (C=O) groups is 9. The molecular formula is C57H75N9O22S. The van der Waals surface area contributed by atoms with Gasteiger partial charge in [0.2, 0.25) is 41.4 Å². The highest BCUT2D eigenvalue weighted by molar-refractivity contribution is 7.81.